The first-order chi connectivity index (χ1) is 7.50. The Morgan fingerprint density at radius 2 is 1.69 bits per heavy atom. The molecule has 0 aliphatic heterocycles. The van der Waals surface area contributed by atoms with Gasteiger partial charge in [0.1, 0.15) is 0 Å². The lowest BCUT2D eigenvalue weighted by Crippen LogP contribution is -2.43. The Balaban J connectivity index is 2.97. The highest BCUT2D eigenvalue weighted by molar-refractivity contribution is 5.20. The molecule has 90 valence electrons. The van der Waals surface area contributed by atoms with Crippen LogP contribution in [0.4, 0.5) is 0 Å². The lowest BCUT2D eigenvalue weighted by atomic mass is 9.81. The largest absolute Gasteiger partial charge is 0.375 e. The lowest BCUT2D eigenvalue weighted by molar-refractivity contribution is 0.0309. The average molecular weight is 221 g/mol. The fourth-order valence-corrected chi connectivity index (χ4v) is 2.15. The third-order valence-corrected chi connectivity index (χ3v) is 2.93. The lowest BCUT2D eigenvalue weighted by Gasteiger charge is -2.36. The molecule has 1 aromatic carbocycles. The number of rotatable bonds is 4. The van der Waals surface area contributed by atoms with Gasteiger partial charge in [-0.2, -0.15) is 0 Å². The van der Waals surface area contributed by atoms with Gasteiger partial charge in [0.2, 0.25) is 0 Å². The smallest absolute Gasteiger partial charge is 0.0979 e. The summed E-state index contributed by atoms with van der Waals surface area (Å²) in [7, 11) is 3.76. The van der Waals surface area contributed by atoms with Crippen molar-refractivity contribution >= 4 is 0 Å². The first kappa shape index (κ1) is 13.2. The molecule has 1 aromatic rings. The van der Waals surface area contributed by atoms with Gasteiger partial charge in [-0.3, -0.25) is 0 Å². The van der Waals surface area contributed by atoms with E-state index in [0.717, 1.165) is 0 Å². The van der Waals surface area contributed by atoms with Crippen molar-refractivity contribution in [2.75, 3.05) is 14.2 Å². The first-order valence-corrected chi connectivity index (χ1v) is 5.75. The first-order valence-electron chi connectivity index (χ1n) is 5.75. The van der Waals surface area contributed by atoms with Crippen molar-refractivity contribution < 1.29 is 4.74 Å². The van der Waals surface area contributed by atoms with E-state index in [2.05, 4.69) is 50.4 Å². The van der Waals surface area contributed by atoms with E-state index < -0.39 is 0 Å². The minimum absolute atomic E-state index is 0.0891. The highest BCUT2D eigenvalue weighted by Gasteiger charge is 2.31. The van der Waals surface area contributed by atoms with Crippen molar-refractivity contribution in [2.45, 2.75) is 32.9 Å². The highest BCUT2D eigenvalue weighted by atomic mass is 16.5. The number of ether oxygens (including phenoxy) is 1. The molecule has 0 heterocycles. The van der Waals surface area contributed by atoms with E-state index in [-0.39, 0.29) is 11.5 Å². The summed E-state index contributed by atoms with van der Waals surface area (Å²) in [4.78, 5) is 0. The summed E-state index contributed by atoms with van der Waals surface area (Å²) in [5.74, 6) is 0. The fourth-order valence-electron chi connectivity index (χ4n) is 2.15. The van der Waals surface area contributed by atoms with E-state index in [1.54, 1.807) is 7.11 Å². The molecule has 0 saturated heterocycles. The van der Waals surface area contributed by atoms with Crippen LogP contribution in [0.15, 0.2) is 30.3 Å². The zero-order chi connectivity index (χ0) is 12.2. The van der Waals surface area contributed by atoms with Gasteiger partial charge in [0.25, 0.3) is 0 Å². The highest BCUT2D eigenvalue weighted by Crippen LogP contribution is 2.31. The van der Waals surface area contributed by atoms with Crippen LogP contribution in [0.1, 0.15) is 32.4 Å². The second kappa shape index (κ2) is 5.46. The molecule has 0 aliphatic rings. The van der Waals surface area contributed by atoms with E-state index in [9.17, 15) is 0 Å². The molecule has 2 atom stereocenters. The van der Waals surface area contributed by atoms with Crippen LogP contribution < -0.4 is 5.32 Å². The van der Waals surface area contributed by atoms with Crippen LogP contribution in [0.2, 0.25) is 0 Å². The molecule has 2 unspecified atom stereocenters. The maximum atomic E-state index is 5.65. The van der Waals surface area contributed by atoms with Crippen LogP contribution in [0, 0.1) is 5.41 Å². The molecule has 0 aliphatic carbocycles. The third kappa shape index (κ3) is 3.06. The van der Waals surface area contributed by atoms with Gasteiger partial charge in [-0.05, 0) is 18.0 Å². The van der Waals surface area contributed by atoms with Gasteiger partial charge in [0.05, 0.1) is 6.10 Å². The van der Waals surface area contributed by atoms with Gasteiger partial charge in [-0.15, -0.1) is 0 Å². The number of likely N-dealkylation sites (N-methyl/N-ethyl adjacent to an activating group) is 1. The molecule has 1 N–H and O–H groups in total. The average Bonchev–Trinajstić information content (AvgIpc) is 2.25. The molecule has 0 radical (unpaired) electrons. The second-order valence-corrected chi connectivity index (χ2v) is 5.20. The molecule has 0 fully saturated rings. The maximum absolute atomic E-state index is 5.65. The van der Waals surface area contributed by atoms with Gasteiger partial charge >= 0.3 is 0 Å². The number of hydrogen-bond acceptors (Lipinski definition) is 2. The molecule has 2 heteroatoms. The van der Waals surface area contributed by atoms with E-state index >= 15 is 0 Å². The van der Waals surface area contributed by atoms with Crippen molar-refractivity contribution in [3.05, 3.63) is 35.9 Å². The quantitative estimate of drug-likeness (QED) is 0.844. The van der Waals surface area contributed by atoms with E-state index in [1.807, 2.05) is 13.1 Å². The minimum atomic E-state index is 0.0891. The summed E-state index contributed by atoms with van der Waals surface area (Å²) in [6.45, 7) is 6.68. The summed E-state index contributed by atoms with van der Waals surface area (Å²) in [6.07, 6.45) is 0.0891. The second-order valence-electron chi connectivity index (χ2n) is 5.20. The summed E-state index contributed by atoms with van der Waals surface area (Å²) in [5.41, 5.74) is 1.38. The Bertz CT molecular complexity index is 302. The molecule has 2 nitrogen and oxygen atoms in total. The normalized spacial score (nSPS) is 15.8. The Morgan fingerprint density at radius 1 is 1.12 bits per heavy atom. The van der Waals surface area contributed by atoms with Crippen LogP contribution >= 0.6 is 0 Å². The van der Waals surface area contributed by atoms with Gasteiger partial charge in [0, 0.05) is 13.2 Å². The summed E-state index contributed by atoms with van der Waals surface area (Å²) < 4.78 is 5.65. The molecular formula is C14H23NO. The van der Waals surface area contributed by atoms with Crippen LogP contribution in [0.3, 0.4) is 0 Å². The van der Waals surface area contributed by atoms with Crippen molar-refractivity contribution in [3.63, 3.8) is 0 Å². The van der Waals surface area contributed by atoms with Crippen molar-refractivity contribution in [3.8, 4) is 0 Å². The monoisotopic (exact) mass is 221 g/mol. The van der Waals surface area contributed by atoms with Crippen LogP contribution in [0.5, 0.6) is 0 Å². The molecule has 0 spiro atoms. The van der Waals surface area contributed by atoms with E-state index in [1.165, 1.54) is 5.56 Å². The summed E-state index contributed by atoms with van der Waals surface area (Å²) >= 11 is 0. The number of nitrogens with one attached hydrogen (secondary N) is 1. The maximum Gasteiger partial charge on any atom is 0.0979 e. The van der Waals surface area contributed by atoms with Gasteiger partial charge in [-0.25, -0.2) is 0 Å². The number of benzene rings is 1. The SMILES string of the molecule is CNC(C(OC)c1ccccc1)C(C)(C)C. The Labute approximate surface area is 99.0 Å². The van der Waals surface area contributed by atoms with Gasteiger partial charge < -0.3 is 10.1 Å². The molecular weight excluding hydrogens is 198 g/mol. The fraction of sp³-hybridized carbons (Fsp3) is 0.571. The van der Waals surface area contributed by atoms with Crippen molar-refractivity contribution in [1.29, 1.82) is 0 Å². The van der Waals surface area contributed by atoms with Crippen molar-refractivity contribution in [1.82, 2.24) is 5.32 Å². The molecule has 0 aromatic heterocycles. The zero-order valence-electron chi connectivity index (χ0n) is 10.9. The summed E-state index contributed by atoms with van der Waals surface area (Å²) in [6, 6.07) is 10.7. The number of methoxy groups -OCH3 is 1. The Morgan fingerprint density at radius 3 is 2.06 bits per heavy atom. The van der Waals surface area contributed by atoms with E-state index in [4.69, 9.17) is 4.74 Å². The van der Waals surface area contributed by atoms with Crippen LogP contribution in [-0.4, -0.2) is 20.2 Å². The topological polar surface area (TPSA) is 21.3 Å². The molecule has 1 rings (SSSR count). The van der Waals surface area contributed by atoms with Gasteiger partial charge in [0.15, 0.2) is 0 Å². The van der Waals surface area contributed by atoms with Crippen LogP contribution in [0.25, 0.3) is 0 Å². The number of hydrogen-bond donors (Lipinski definition) is 1. The predicted molar refractivity (Wildman–Crippen MR) is 68.5 cm³/mol. The standard InChI is InChI=1S/C14H23NO/c1-14(2,3)13(15-4)12(16-5)11-9-7-6-8-10-11/h6-10,12-13,15H,1-5H3. The van der Waals surface area contributed by atoms with Gasteiger partial charge in [-0.1, -0.05) is 51.1 Å². The Kier molecular flexibility index (Phi) is 4.51. The molecule has 0 bridgehead atoms. The Hall–Kier alpha value is -0.860. The predicted octanol–water partition coefficient (Wildman–Crippen LogP) is 3.01. The molecule has 0 saturated carbocycles. The van der Waals surface area contributed by atoms with E-state index in [0.29, 0.717) is 6.04 Å². The third-order valence-electron chi connectivity index (χ3n) is 2.93. The minimum Gasteiger partial charge on any atom is -0.375 e. The van der Waals surface area contributed by atoms with Crippen LogP contribution in [-0.2, 0) is 4.74 Å². The van der Waals surface area contributed by atoms with Crippen molar-refractivity contribution in [2.24, 2.45) is 5.41 Å². The summed E-state index contributed by atoms with van der Waals surface area (Å²) in [5, 5.41) is 3.37. The zero-order valence-corrected chi connectivity index (χ0v) is 10.9. The molecule has 16 heavy (non-hydrogen) atoms. The molecule has 0 amide bonds.